The van der Waals surface area contributed by atoms with Crippen molar-refractivity contribution in [3.63, 3.8) is 0 Å². The zero-order valence-corrected chi connectivity index (χ0v) is 18.8. The number of fused-ring (bicyclic) bond motifs is 1. The van der Waals surface area contributed by atoms with E-state index in [2.05, 4.69) is 0 Å². The number of imide groups is 1. The van der Waals surface area contributed by atoms with Crippen LogP contribution < -0.4 is 4.90 Å². The van der Waals surface area contributed by atoms with Crippen molar-refractivity contribution >= 4 is 40.7 Å². The van der Waals surface area contributed by atoms with E-state index in [-0.39, 0.29) is 40.4 Å². The number of hydrogen-bond acceptors (Lipinski definition) is 4. The highest BCUT2D eigenvalue weighted by Crippen LogP contribution is 2.24. The van der Waals surface area contributed by atoms with Crippen molar-refractivity contribution in [2.75, 3.05) is 18.0 Å². The molecule has 0 bridgehead atoms. The molecule has 1 aliphatic rings. The molecule has 0 aromatic heterocycles. The van der Waals surface area contributed by atoms with Crippen LogP contribution in [0.4, 0.5) is 11.4 Å². The highest BCUT2D eigenvalue weighted by atomic mass is 35.5. The highest BCUT2D eigenvalue weighted by molar-refractivity contribution is 6.30. The summed E-state index contributed by atoms with van der Waals surface area (Å²) in [6.45, 7) is 0.536. The zero-order chi connectivity index (χ0) is 24.2. The second kappa shape index (κ2) is 9.84. The number of unbranched alkanes of at least 4 members (excludes halogenated alkanes) is 1. The number of rotatable bonds is 8. The molecule has 0 spiro atoms. The maximum atomic E-state index is 13.3. The van der Waals surface area contributed by atoms with E-state index in [1.165, 1.54) is 28.0 Å². The van der Waals surface area contributed by atoms with Gasteiger partial charge in [-0.05, 0) is 55.3 Å². The zero-order valence-electron chi connectivity index (χ0n) is 18.1. The molecule has 0 fully saturated rings. The number of carbonyl (C=O) groups excluding carboxylic acids is 3. The van der Waals surface area contributed by atoms with Crippen LogP contribution in [0.1, 0.15) is 43.9 Å². The van der Waals surface area contributed by atoms with E-state index in [4.69, 9.17) is 11.6 Å². The van der Waals surface area contributed by atoms with Gasteiger partial charge in [0.25, 0.3) is 22.6 Å². The van der Waals surface area contributed by atoms with Crippen LogP contribution in [0, 0.1) is 4.91 Å². The van der Waals surface area contributed by atoms with Crippen molar-refractivity contribution in [1.29, 1.82) is 0 Å². The number of nitrogens with zero attached hydrogens (tertiary/aromatic N) is 3. The second-order valence-corrected chi connectivity index (χ2v) is 8.21. The largest absolute Gasteiger partial charge is 0.317 e. The summed E-state index contributed by atoms with van der Waals surface area (Å²) in [6.07, 6.45) is 1.00. The Morgan fingerprint density at radius 3 is 2.18 bits per heavy atom. The molecule has 0 radical (unpaired) electrons. The van der Waals surface area contributed by atoms with Gasteiger partial charge in [0.1, 0.15) is 0 Å². The lowest BCUT2D eigenvalue weighted by atomic mass is 10.1. The average molecular weight is 479 g/mol. The summed E-state index contributed by atoms with van der Waals surface area (Å²) in [5, 5.41) is 9.70. The van der Waals surface area contributed by atoms with Crippen molar-refractivity contribution in [2.24, 2.45) is 0 Å². The quantitative estimate of drug-likeness (QED) is 0.283. The molecular formula is C25H21ClN3O5+. The van der Waals surface area contributed by atoms with Gasteiger partial charge < -0.3 is 4.90 Å². The van der Waals surface area contributed by atoms with Crippen LogP contribution in [0.25, 0.3) is 0 Å². The summed E-state index contributed by atoms with van der Waals surface area (Å²) < 4.78 is 0. The van der Waals surface area contributed by atoms with Gasteiger partial charge in [-0.3, -0.25) is 19.3 Å². The maximum absolute atomic E-state index is 13.3. The molecule has 1 heterocycles. The van der Waals surface area contributed by atoms with Crippen molar-refractivity contribution in [1.82, 2.24) is 4.90 Å². The van der Waals surface area contributed by atoms with Gasteiger partial charge in [-0.1, -0.05) is 29.8 Å². The number of carbonyl (C=O) groups is 3. The number of halogens is 1. The Kier molecular flexibility index (Phi) is 6.70. The monoisotopic (exact) mass is 478 g/mol. The molecule has 8 nitrogen and oxygen atoms in total. The summed E-state index contributed by atoms with van der Waals surface area (Å²) >= 11 is 5.99. The third-order valence-electron chi connectivity index (χ3n) is 5.59. The Balaban J connectivity index is 1.47. The standard InChI is InChI=1S/C25H21ClN3O5/c26-18-10-12-19(13-11-18)27(23(30)17-6-5-7-20(16-17)29(33)34)14-3-4-15-28-24(31)21-8-1-2-9-22(21)25(28)32/h1-2,5-13,16H,3-4,14-15H2,(H,33,34)/q+1. The third-order valence-corrected chi connectivity index (χ3v) is 5.84. The van der Waals surface area contributed by atoms with Gasteiger partial charge in [0.15, 0.2) is 0 Å². The summed E-state index contributed by atoms with van der Waals surface area (Å²) in [6, 6.07) is 19.2. The molecule has 3 aromatic rings. The van der Waals surface area contributed by atoms with Gasteiger partial charge in [0.2, 0.25) is 0 Å². The molecule has 3 amide bonds. The van der Waals surface area contributed by atoms with Crippen LogP contribution in [-0.4, -0.2) is 45.8 Å². The summed E-state index contributed by atoms with van der Waals surface area (Å²) in [5.74, 6) is -0.991. The first-order valence-electron chi connectivity index (χ1n) is 10.7. The Bertz CT molecular complexity index is 1240. The summed E-state index contributed by atoms with van der Waals surface area (Å²) in [5.41, 5.74) is 1.57. The molecule has 0 saturated heterocycles. The fourth-order valence-electron chi connectivity index (χ4n) is 3.86. The lowest BCUT2D eigenvalue weighted by molar-refractivity contribution is -0.729. The molecular weight excluding hydrogens is 458 g/mol. The predicted octanol–water partition coefficient (Wildman–Crippen LogP) is 4.86. The fraction of sp³-hybridized carbons (Fsp3) is 0.160. The van der Waals surface area contributed by atoms with Crippen molar-refractivity contribution < 1.29 is 24.5 Å². The lowest BCUT2D eigenvalue weighted by Gasteiger charge is -2.23. The van der Waals surface area contributed by atoms with E-state index >= 15 is 0 Å². The summed E-state index contributed by atoms with van der Waals surface area (Å²) in [7, 11) is 0. The molecule has 1 aliphatic heterocycles. The number of anilines is 1. The molecule has 0 atom stereocenters. The Morgan fingerprint density at radius 1 is 0.912 bits per heavy atom. The number of hydrogen-bond donors (Lipinski definition) is 1. The van der Waals surface area contributed by atoms with E-state index in [1.807, 2.05) is 0 Å². The van der Waals surface area contributed by atoms with Gasteiger partial charge in [0, 0.05) is 41.5 Å². The van der Waals surface area contributed by atoms with Crippen molar-refractivity contribution in [3.05, 3.63) is 99.4 Å². The minimum atomic E-state index is -0.369. The Hall–Kier alpha value is -4.04. The van der Waals surface area contributed by atoms with Crippen LogP contribution in [-0.2, 0) is 0 Å². The predicted molar refractivity (Wildman–Crippen MR) is 126 cm³/mol. The van der Waals surface area contributed by atoms with E-state index < -0.39 is 0 Å². The topological polar surface area (TPSA) is 98.0 Å². The molecule has 1 N–H and O–H groups in total. The van der Waals surface area contributed by atoms with Gasteiger partial charge >= 0.3 is 5.69 Å². The van der Waals surface area contributed by atoms with E-state index in [0.717, 1.165) is 0 Å². The van der Waals surface area contributed by atoms with Crippen LogP contribution in [0.3, 0.4) is 0 Å². The van der Waals surface area contributed by atoms with E-state index in [9.17, 15) is 24.5 Å². The molecule has 0 unspecified atom stereocenters. The van der Waals surface area contributed by atoms with Crippen LogP contribution in [0.5, 0.6) is 0 Å². The second-order valence-electron chi connectivity index (χ2n) is 7.77. The van der Waals surface area contributed by atoms with Gasteiger partial charge in [-0.15, -0.1) is 0 Å². The van der Waals surface area contributed by atoms with E-state index in [1.54, 1.807) is 54.6 Å². The normalized spacial score (nSPS) is 12.6. The molecule has 9 heteroatoms. The lowest BCUT2D eigenvalue weighted by Crippen LogP contribution is -2.34. The maximum Gasteiger partial charge on any atom is 0.317 e. The summed E-state index contributed by atoms with van der Waals surface area (Å²) in [4.78, 5) is 52.1. The van der Waals surface area contributed by atoms with Crippen LogP contribution >= 0.6 is 11.6 Å². The smallest absolute Gasteiger partial charge is 0.308 e. The molecule has 0 saturated carbocycles. The first-order valence-corrected chi connectivity index (χ1v) is 11.0. The fourth-order valence-corrected chi connectivity index (χ4v) is 3.99. The molecule has 4 rings (SSSR count). The molecule has 3 aromatic carbocycles. The van der Waals surface area contributed by atoms with Gasteiger partial charge in [0.05, 0.1) is 16.0 Å². The highest BCUT2D eigenvalue weighted by Gasteiger charge is 2.34. The molecule has 0 aliphatic carbocycles. The van der Waals surface area contributed by atoms with Gasteiger partial charge in [-0.2, -0.15) is 0 Å². The van der Waals surface area contributed by atoms with Gasteiger partial charge in [-0.25, -0.2) is 5.21 Å². The van der Waals surface area contributed by atoms with Crippen LogP contribution in [0.2, 0.25) is 5.02 Å². The minimum Gasteiger partial charge on any atom is -0.308 e. The Morgan fingerprint density at radius 2 is 1.56 bits per heavy atom. The molecule has 34 heavy (non-hydrogen) atoms. The Labute approximate surface area is 200 Å². The van der Waals surface area contributed by atoms with Crippen molar-refractivity contribution in [3.8, 4) is 0 Å². The molecule has 172 valence electrons. The van der Waals surface area contributed by atoms with E-state index in [0.29, 0.717) is 41.2 Å². The first kappa shape index (κ1) is 23.1. The van der Waals surface area contributed by atoms with Crippen molar-refractivity contribution in [2.45, 2.75) is 12.8 Å². The average Bonchev–Trinajstić information content (AvgIpc) is 3.09. The number of amides is 3. The van der Waals surface area contributed by atoms with Crippen LogP contribution in [0.15, 0.2) is 72.8 Å². The number of benzene rings is 3. The third kappa shape index (κ3) is 4.67. The first-order chi connectivity index (χ1) is 16.4. The SMILES string of the molecule is O=C1c2ccccc2C(=O)N1CCCCN(C(=O)c1cccc([N+](=O)O)c1)c1ccc(Cl)cc1. The minimum absolute atomic E-state index is 0.0625.